The lowest BCUT2D eigenvalue weighted by Crippen LogP contribution is -2.25. The maximum absolute atomic E-state index is 12.4. The highest BCUT2D eigenvalue weighted by molar-refractivity contribution is 7.92. The van der Waals surface area contributed by atoms with Crippen molar-refractivity contribution in [3.63, 3.8) is 0 Å². The molecule has 0 saturated heterocycles. The lowest BCUT2D eigenvalue weighted by atomic mass is 10.2. The topological polar surface area (TPSA) is 88.4 Å². The van der Waals surface area contributed by atoms with Crippen LogP contribution in [0.1, 0.15) is 21.7 Å². The van der Waals surface area contributed by atoms with Gasteiger partial charge in [0, 0.05) is 11.4 Å². The van der Waals surface area contributed by atoms with E-state index in [1.54, 1.807) is 26.0 Å². The molecule has 0 aliphatic rings. The molecule has 0 aliphatic heterocycles. The third kappa shape index (κ3) is 3.03. The summed E-state index contributed by atoms with van der Waals surface area (Å²) in [6, 6.07) is 7.03. The molecule has 1 heterocycles. The zero-order valence-electron chi connectivity index (χ0n) is 11.3. The molecular formula is C13H13ClN2O4S. The number of nitrogens with one attached hydrogen (secondary N) is 1. The largest absolute Gasteiger partial charge is 0.478 e. The van der Waals surface area contributed by atoms with E-state index in [9.17, 15) is 13.2 Å². The SMILES string of the molecule is Cc1ccc(C)n1NS(=O)(=O)c1cc(C(=O)O)ccc1Cl. The van der Waals surface area contributed by atoms with Crippen LogP contribution >= 0.6 is 11.6 Å². The van der Waals surface area contributed by atoms with E-state index in [2.05, 4.69) is 4.83 Å². The van der Waals surface area contributed by atoms with E-state index in [-0.39, 0.29) is 15.5 Å². The molecule has 0 bridgehead atoms. The van der Waals surface area contributed by atoms with E-state index in [1.165, 1.54) is 16.8 Å². The fraction of sp³-hybridized carbons (Fsp3) is 0.154. The van der Waals surface area contributed by atoms with Crippen LogP contribution in [0.15, 0.2) is 35.2 Å². The van der Waals surface area contributed by atoms with Gasteiger partial charge >= 0.3 is 5.97 Å². The van der Waals surface area contributed by atoms with Gasteiger partial charge in [0.15, 0.2) is 0 Å². The summed E-state index contributed by atoms with van der Waals surface area (Å²) in [5, 5.41) is 8.90. The van der Waals surface area contributed by atoms with Crippen LogP contribution in [0.25, 0.3) is 0 Å². The molecule has 2 rings (SSSR count). The number of nitrogens with zero attached hydrogens (tertiary/aromatic N) is 1. The van der Waals surface area contributed by atoms with Gasteiger partial charge in [-0.05, 0) is 44.2 Å². The van der Waals surface area contributed by atoms with E-state index >= 15 is 0 Å². The number of benzene rings is 1. The fourth-order valence-corrected chi connectivity index (χ4v) is 3.48. The van der Waals surface area contributed by atoms with Crippen LogP contribution in [0.4, 0.5) is 0 Å². The Labute approximate surface area is 127 Å². The molecule has 0 radical (unpaired) electrons. The predicted octanol–water partition coefficient (Wildman–Crippen LogP) is 2.39. The molecule has 0 fully saturated rings. The van der Waals surface area contributed by atoms with Gasteiger partial charge in [-0.25, -0.2) is 9.63 Å². The average Bonchev–Trinajstić information content (AvgIpc) is 2.70. The van der Waals surface area contributed by atoms with Crippen molar-refractivity contribution in [2.45, 2.75) is 18.7 Å². The minimum absolute atomic E-state index is 0.0463. The summed E-state index contributed by atoms with van der Waals surface area (Å²) >= 11 is 5.88. The van der Waals surface area contributed by atoms with E-state index in [1.807, 2.05) is 0 Å². The van der Waals surface area contributed by atoms with Crippen molar-refractivity contribution in [3.8, 4) is 0 Å². The Balaban J connectivity index is 2.49. The van der Waals surface area contributed by atoms with Crippen molar-refractivity contribution < 1.29 is 18.3 Å². The Morgan fingerprint density at radius 1 is 1.19 bits per heavy atom. The summed E-state index contributed by atoms with van der Waals surface area (Å²) in [6.45, 7) is 3.48. The lowest BCUT2D eigenvalue weighted by Gasteiger charge is -2.14. The van der Waals surface area contributed by atoms with Crippen molar-refractivity contribution in [2.24, 2.45) is 0 Å². The summed E-state index contributed by atoms with van der Waals surface area (Å²) in [7, 11) is -4.00. The molecule has 0 atom stereocenters. The highest BCUT2D eigenvalue weighted by atomic mass is 35.5. The van der Waals surface area contributed by atoms with E-state index in [4.69, 9.17) is 16.7 Å². The predicted molar refractivity (Wildman–Crippen MR) is 78.9 cm³/mol. The van der Waals surface area contributed by atoms with Gasteiger partial charge in [0.1, 0.15) is 4.90 Å². The van der Waals surface area contributed by atoms with Crippen LogP contribution in [0.3, 0.4) is 0 Å². The lowest BCUT2D eigenvalue weighted by molar-refractivity contribution is 0.0696. The smallest absolute Gasteiger partial charge is 0.335 e. The Hall–Kier alpha value is -1.99. The number of hydrogen-bond acceptors (Lipinski definition) is 3. The zero-order valence-corrected chi connectivity index (χ0v) is 12.9. The molecule has 21 heavy (non-hydrogen) atoms. The molecule has 1 aromatic heterocycles. The number of carbonyl (C=O) groups is 1. The van der Waals surface area contributed by atoms with E-state index in [0.717, 1.165) is 6.07 Å². The Kier molecular flexibility index (Phi) is 3.97. The second kappa shape index (κ2) is 5.42. The molecule has 112 valence electrons. The second-order valence-electron chi connectivity index (χ2n) is 4.50. The normalized spacial score (nSPS) is 11.4. The first-order chi connectivity index (χ1) is 9.72. The molecule has 0 spiro atoms. The summed E-state index contributed by atoms with van der Waals surface area (Å²) in [4.78, 5) is 13.0. The standard InChI is InChI=1S/C13H13ClN2O4S/c1-8-3-4-9(2)16(8)15-21(19,20)12-7-10(13(17)18)5-6-11(12)14/h3-7,15H,1-2H3,(H,17,18). The minimum atomic E-state index is -4.00. The van der Waals surface area contributed by atoms with Crippen LogP contribution in [0.2, 0.25) is 5.02 Å². The van der Waals surface area contributed by atoms with Crippen LogP contribution in [0, 0.1) is 13.8 Å². The third-order valence-electron chi connectivity index (χ3n) is 2.95. The van der Waals surface area contributed by atoms with Gasteiger partial charge in [-0.3, -0.25) is 4.68 Å². The fourth-order valence-electron chi connectivity index (χ4n) is 1.82. The van der Waals surface area contributed by atoms with Crippen molar-refractivity contribution >= 4 is 27.6 Å². The van der Waals surface area contributed by atoms with Gasteiger partial charge in [0.05, 0.1) is 10.6 Å². The van der Waals surface area contributed by atoms with Crippen LogP contribution < -0.4 is 4.83 Å². The molecule has 6 nitrogen and oxygen atoms in total. The molecule has 0 aliphatic carbocycles. The molecule has 1 aromatic carbocycles. The molecular weight excluding hydrogens is 316 g/mol. The number of aryl methyl sites for hydroxylation is 2. The monoisotopic (exact) mass is 328 g/mol. The first kappa shape index (κ1) is 15.4. The van der Waals surface area contributed by atoms with Crippen molar-refractivity contribution in [3.05, 3.63) is 52.3 Å². The van der Waals surface area contributed by atoms with Gasteiger partial charge in [-0.15, -0.1) is 0 Å². The first-order valence-electron chi connectivity index (χ1n) is 5.93. The second-order valence-corrected chi connectivity index (χ2v) is 6.53. The minimum Gasteiger partial charge on any atom is -0.478 e. The quantitative estimate of drug-likeness (QED) is 0.902. The summed E-state index contributed by atoms with van der Waals surface area (Å²) in [6.07, 6.45) is 0. The number of sulfonamides is 1. The van der Waals surface area contributed by atoms with Crippen molar-refractivity contribution in [2.75, 3.05) is 4.83 Å². The molecule has 8 heteroatoms. The molecule has 0 amide bonds. The number of aromatic carboxylic acids is 1. The Bertz CT molecular complexity index is 792. The Morgan fingerprint density at radius 2 is 1.76 bits per heavy atom. The summed E-state index contributed by atoms with van der Waals surface area (Å²) in [5.74, 6) is -1.23. The van der Waals surface area contributed by atoms with Gasteiger partial charge in [-0.1, -0.05) is 11.6 Å². The third-order valence-corrected chi connectivity index (χ3v) is 4.73. The van der Waals surface area contributed by atoms with E-state index < -0.39 is 16.0 Å². The molecule has 0 unspecified atom stereocenters. The highest BCUT2D eigenvalue weighted by Crippen LogP contribution is 2.23. The maximum atomic E-state index is 12.4. The highest BCUT2D eigenvalue weighted by Gasteiger charge is 2.21. The average molecular weight is 329 g/mol. The summed E-state index contributed by atoms with van der Waals surface area (Å²) < 4.78 is 26.2. The maximum Gasteiger partial charge on any atom is 0.335 e. The Morgan fingerprint density at radius 3 is 2.29 bits per heavy atom. The van der Waals surface area contributed by atoms with Crippen LogP contribution in [-0.2, 0) is 10.0 Å². The van der Waals surface area contributed by atoms with Gasteiger partial charge in [-0.2, -0.15) is 8.42 Å². The first-order valence-corrected chi connectivity index (χ1v) is 7.79. The number of carboxylic acids is 1. The number of carboxylic acid groups (broad SMARTS) is 1. The molecule has 2 N–H and O–H groups in total. The molecule has 0 saturated carbocycles. The van der Waals surface area contributed by atoms with Crippen molar-refractivity contribution in [1.29, 1.82) is 0 Å². The number of rotatable bonds is 4. The van der Waals surface area contributed by atoms with Gasteiger partial charge < -0.3 is 5.11 Å². The number of aromatic nitrogens is 1. The van der Waals surface area contributed by atoms with Crippen LogP contribution in [-0.4, -0.2) is 24.2 Å². The van der Waals surface area contributed by atoms with Gasteiger partial charge in [0.2, 0.25) is 0 Å². The number of halogens is 1. The zero-order chi connectivity index (χ0) is 15.8. The van der Waals surface area contributed by atoms with Gasteiger partial charge in [0.25, 0.3) is 10.0 Å². The molecule has 2 aromatic rings. The van der Waals surface area contributed by atoms with E-state index in [0.29, 0.717) is 11.4 Å². The van der Waals surface area contributed by atoms with Crippen LogP contribution in [0.5, 0.6) is 0 Å². The number of hydrogen-bond donors (Lipinski definition) is 2. The summed E-state index contributed by atoms with van der Waals surface area (Å²) in [5.41, 5.74) is 1.24. The van der Waals surface area contributed by atoms with Crippen molar-refractivity contribution in [1.82, 2.24) is 4.68 Å².